The second-order valence-corrected chi connectivity index (χ2v) is 10.4. The van der Waals surface area contributed by atoms with Crippen LogP contribution < -0.4 is 5.32 Å². The number of hydrogen-bond acceptors (Lipinski definition) is 3. The third-order valence-electron chi connectivity index (χ3n) is 8.20. The van der Waals surface area contributed by atoms with Crippen LogP contribution in [0.3, 0.4) is 0 Å². The second kappa shape index (κ2) is 8.08. The third kappa shape index (κ3) is 4.01. The van der Waals surface area contributed by atoms with Gasteiger partial charge in [0.25, 0.3) is 0 Å². The Balaban J connectivity index is 1.49. The fraction of sp³-hybridized carbons (Fsp3) is 0.857. The zero-order valence-electron chi connectivity index (χ0n) is 17.1. The van der Waals surface area contributed by atoms with Crippen molar-refractivity contribution >= 4 is 33.8 Å². The number of hydrogen-bond donors (Lipinski definition) is 2. The number of carboxylic acid groups (broad SMARTS) is 1. The maximum atomic E-state index is 12.6. The minimum absolute atomic E-state index is 0.0318. The van der Waals surface area contributed by atoms with Crippen molar-refractivity contribution in [2.24, 2.45) is 29.1 Å². The summed E-state index contributed by atoms with van der Waals surface area (Å²) in [5.41, 5.74) is 0.226. The van der Waals surface area contributed by atoms with E-state index in [9.17, 15) is 19.5 Å². The van der Waals surface area contributed by atoms with Crippen molar-refractivity contribution in [1.29, 1.82) is 0 Å². The first-order valence-electron chi connectivity index (χ1n) is 10.9. The molecular weight excluding hydrogens is 438 g/mol. The van der Waals surface area contributed by atoms with E-state index >= 15 is 0 Å². The SMILES string of the molecule is CC(C1CN(C(=O)CNC(=O)CBr)CCN1C(=O)O)C12CC3CC(CC(C3)C1)C2. The lowest BCUT2D eigenvalue weighted by Crippen LogP contribution is -2.63. The van der Waals surface area contributed by atoms with Crippen molar-refractivity contribution in [3.05, 3.63) is 0 Å². The van der Waals surface area contributed by atoms with Gasteiger partial charge in [0, 0.05) is 19.6 Å². The zero-order chi connectivity index (χ0) is 20.8. The summed E-state index contributed by atoms with van der Waals surface area (Å²) in [5, 5.41) is 12.6. The minimum Gasteiger partial charge on any atom is -0.465 e. The summed E-state index contributed by atoms with van der Waals surface area (Å²) in [6, 6.07) is -0.173. The van der Waals surface area contributed by atoms with Crippen LogP contribution in [0.2, 0.25) is 0 Å². The fourth-order valence-electron chi connectivity index (χ4n) is 7.18. The van der Waals surface area contributed by atoms with Gasteiger partial charge in [0.05, 0.1) is 17.9 Å². The van der Waals surface area contributed by atoms with Crippen LogP contribution in [-0.2, 0) is 9.59 Å². The normalized spacial score (nSPS) is 36.8. The maximum Gasteiger partial charge on any atom is 0.407 e. The Hall–Kier alpha value is -1.31. The van der Waals surface area contributed by atoms with E-state index in [2.05, 4.69) is 28.2 Å². The molecule has 0 aromatic rings. The summed E-state index contributed by atoms with van der Waals surface area (Å²) in [6.45, 7) is 3.36. The average molecular weight is 470 g/mol. The minimum atomic E-state index is -0.883. The predicted octanol–water partition coefficient (Wildman–Crippen LogP) is 2.54. The highest BCUT2D eigenvalue weighted by Gasteiger charge is 2.55. The van der Waals surface area contributed by atoms with Gasteiger partial charge >= 0.3 is 6.09 Å². The summed E-state index contributed by atoms with van der Waals surface area (Å²) >= 11 is 3.08. The summed E-state index contributed by atoms with van der Waals surface area (Å²) in [7, 11) is 0. The van der Waals surface area contributed by atoms with Crippen LogP contribution in [0.25, 0.3) is 0 Å². The predicted molar refractivity (Wildman–Crippen MR) is 112 cm³/mol. The van der Waals surface area contributed by atoms with Crippen LogP contribution in [0, 0.1) is 29.1 Å². The summed E-state index contributed by atoms with van der Waals surface area (Å²) in [5.74, 6) is 2.31. The Bertz CT molecular complexity index is 650. The largest absolute Gasteiger partial charge is 0.465 e. The number of alkyl halides is 1. The first-order valence-corrected chi connectivity index (χ1v) is 12.0. The van der Waals surface area contributed by atoms with Crippen molar-refractivity contribution in [2.45, 2.75) is 51.5 Å². The molecule has 1 heterocycles. The molecule has 5 fully saturated rings. The van der Waals surface area contributed by atoms with Gasteiger partial charge in [-0.3, -0.25) is 9.59 Å². The van der Waals surface area contributed by atoms with Crippen molar-refractivity contribution < 1.29 is 19.5 Å². The van der Waals surface area contributed by atoms with E-state index in [1.807, 2.05) is 0 Å². The van der Waals surface area contributed by atoms with Crippen molar-refractivity contribution in [3.63, 3.8) is 0 Å². The molecule has 3 amide bonds. The van der Waals surface area contributed by atoms with E-state index in [0.717, 1.165) is 17.8 Å². The standard InChI is InChI=1S/C21H32BrN3O4/c1-13(21-7-14-4-15(8-21)6-16(5-14)9-21)17-12-24(2-3-25(17)20(28)29)19(27)11-23-18(26)10-22/h13-17H,2-12H2,1H3,(H,23,26)(H,28,29). The van der Waals surface area contributed by atoms with Crippen LogP contribution in [-0.4, -0.2) is 70.4 Å². The molecule has 0 spiro atoms. The van der Waals surface area contributed by atoms with Crippen LogP contribution in [0.5, 0.6) is 0 Å². The second-order valence-electron chi connectivity index (χ2n) is 9.86. The van der Waals surface area contributed by atoms with Gasteiger partial charge in [-0.05, 0) is 67.6 Å². The molecule has 1 saturated heterocycles. The number of nitrogens with zero attached hydrogens (tertiary/aromatic N) is 2. The lowest BCUT2D eigenvalue weighted by molar-refractivity contribution is -0.139. The van der Waals surface area contributed by atoms with Crippen molar-refractivity contribution in [1.82, 2.24) is 15.1 Å². The molecule has 0 aromatic carbocycles. The molecule has 4 saturated carbocycles. The van der Waals surface area contributed by atoms with Crippen molar-refractivity contribution in [3.8, 4) is 0 Å². The zero-order valence-corrected chi connectivity index (χ0v) is 18.7. The van der Waals surface area contributed by atoms with Gasteiger partial charge in [0.2, 0.25) is 11.8 Å². The molecule has 7 nitrogen and oxygen atoms in total. The highest BCUT2D eigenvalue weighted by Crippen LogP contribution is 2.63. The maximum absolute atomic E-state index is 12.6. The molecular formula is C21H32BrN3O4. The van der Waals surface area contributed by atoms with Crippen LogP contribution >= 0.6 is 15.9 Å². The highest BCUT2D eigenvalue weighted by molar-refractivity contribution is 9.09. The van der Waals surface area contributed by atoms with E-state index in [4.69, 9.17) is 0 Å². The van der Waals surface area contributed by atoms with Gasteiger partial charge in [0.1, 0.15) is 0 Å². The Morgan fingerprint density at radius 2 is 1.69 bits per heavy atom. The molecule has 5 rings (SSSR count). The lowest BCUT2D eigenvalue weighted by Gasteiger charge is -2.61. The monoisotopic (exact) mass is 469 g/mol. The molecule has 2 atom stereocenters. The van der Waals surface area contributed by atoms with Gasteiger partial charge in [-0.1, -0.05) is 22.9 Å². The summed E-state index contributed by atoms with van der Waals surface area (Å²) in [6.07, 6.45) is 6.86. The Morgan fingerprint density at radius 1 is 1.10 bits per heavy atom. The highest BCUT2D eigenvalue weighted by atomic mass is 79.9. The number of carbonyl (C=O) groups is 3. The van der Waals surface area contributed by atoms with Crippen LogP contribution in [0.4, 0.5) is 4.79 Å². The molecule has 29 heavy (non-hydrogen) atoms. The lowest BCUT2D eigenvalue weighted by atomic mass is 9.46. The van der Waals surface area contributed by atoms with E-state index < -0.39 is 6.09 Å². The van der Waals surface area contributed by atoms with Crippen LogP contribution in [0.15, 0.2) is 0 Å². The van der Waals surface area contributed by atoms with E-state index in [0.29, 0.717) is 19.6 Å². The number of rotatable bonds is 5. The van der Waals surface area contributed by atoms with Crippen LogP contribution in [0.1, 0.15) is 45.4 Å². The molecule has 8 heteroatoms. The first kappa shape index (κ1) is 20.9. The van der Waals surface area contributed by atoms with Gasteiger partial charge in [0.15, 0.2) is 0 Å². The average Bonchev–Trinajstić information content (AvgIpc) is 2.69. The molecule has 4 bridgehead atoms. The van der Waals surface area contributed by atoms with E-state index in [-0.39, 0.29) is 41.1 Å². The van der Waals surface area contributed by atoms with Gasteiger partial charge in [-0.15, -0.1) is 0 Å². The number of amides is 3. The molecule has 2 unspecified atom stereocenters. The first-order chi connectivity index (χ1) is 13.8. The summed E-state index contributed by atoms with van der Waals surface area (Å²) < 4.78 is 0. The molecule has 0 aromatic heterocycles. The number of piperazine rings is 1. The molecule has 4 aliphatic carbocycles. The smallest absolute Gasteiger partial charge is 0.407 e. The summed E-state index contributed by atoms with van der Waals surface area (Å²) in [4.78, 5) is 39.4. The van der Waals surface area contributed by atoms with Gasteiger partial charge < -0.3 is 20.2 Å². The van der Waals surface area contributed by atoms with E-state index in [1.165, 1.54) is 38.5 Å². The number of halogens is 1. The molecule has 0 radical (unpaired) electrons. The van der Waals surface area contributed by atoms with Crippen molar-refractivity contribution in [2.75, 3.05) is 31.5 Å². The van der Waals surface area contributed by atoms with E-state index in [1.54, 1.807) is 9.80 Å². The molecule has 2 N–H and O–H groups in total. The number of nitrogens with one attached hydrogen (secondary N) is 1. The molecule has 162 valence electrons. The Kier molecular flexibility index (Phi) is 5.84. The van der Waals surface area contributed by atoms with Gasteiger partial charge in [-0.25, -0.2) is 4.79 Å². The molecule has 1 aliphatic heterocycles. The Labute approximate surface area is 180 Å². The molecule has 5 aliphatic rings. The topological polar surface area (TPSA) is 90.0 Å². The Morgan fingerprint density at radius 3 is 2.21 bits per heavy atom. The quantitative estimate of drug-likeness (QED) is 0.605. The fourth-order valence-corrected chi connectivity index (χ4v) is 7.38. The third-order valence-corrected chi connectivity index (χ3v) is 8.71. The van der Waals surface area contributed by atoms with Gasteiger partial charge in [-0.2, -0.15) is 0 Å². The number of carbonyl (C=O) groups excluding carboxylic acids is 2.